The van der Waals surface area contributed by atoms with Crippen molar-refractivity contribution in [2.45, 2.75) is 26.8 Å². The maximum Gasteiger partial charge on any atom is 0.233 e. The highest BCUT2D eigenvalue weighted by atomic mass is 32.2. The Kier molecular flexibility index (Phi) is 6.19. The first-order valence-corrected chi connectivity index (χ1v) is 9.89. The van der Waals surface area contributed by atoms with Gasteiger partial charge in [-0.2, -0.15) is 0 Å². The van der Waals surface area contributed by atoms with Gasteiger partial charge in [-0.05, 0) is 19.4 Å². The Morgan fingerprint density at radius 2 is 1.92 bits per heavy atom. The van der Waals surface area contributed by atoms with E-state index in [1.165, 1.54) is 6.07 Å². The second-order valence-electron chi connectivity index (χ2n) is 5.77. The molecule has 7 nitrogen and oxygen atoms in total. The Labute approximate surface area is 148 Å². The van der Waals surface area contributed by atoms with E-state index < -0.39 is 10.0 Å². The van der Waals surface area contributed by atoms with Crippen molar-refractivity contribution < 1.29 is 17.7 Å². The second-order valence-corrected chi connectivity index (χ2v) is 7.68. The van der Waals surface area contributed by atoms with Crippen LogP contribution in [-0.2, 0) is 21.4 Å². The molecule has 0 fully saturated rings. The van der Waals surface area contributed by atoms with E-state index >= 15 is 0 Å². The summed E-state index contributed by atoms with van der Waals surface area (Å²) in [5.41, 5.74) is 1.03. The number of anilines is 1. The van der Waals surface area contributed by atoms with Crippen molar-refractivity contribution in [2.24, 2.45) is 0 Å². The number of benzene rings is 1. The van der Waals surface area contributed by atoms with Crippen LogP contribution in [0.15, 0.2) is 40.9 Å². The summed E-state index contributed by atoms with van der Waals surface area (Å²) in [4.78, 5) is 14.2. The van der Waals surface area contributed by atoms with Crippen LogP contribution < -0.4 is 4.31 Å². The molecule has 1 aromatic heterocycles. The number of rotatable bonds is 8. The van der Waals surface area contributed by atoms with Gasteiger partial charge in [0.15, 0.2) is 5.82 Å². The van der Waals surface area contributed by atoms with Crippen LogP contribution in [0.25, 0.3) is 0 Å². The summed E-state index contributed by atoms with van der Waals surface area (Å²) >= 11 is 0. The maximum atomic E-state index is 12.5. The lowest BCUT2D eigenvalue weighted by molar-refractivity contribution is -0.131. The predicted octanol–water partition coefficient (Wildman–Crippen LogP) is 2.19. The summed E-state index contributed by atoms with van der Waals surface area (Å²) < 4.78 is 30.0. The highest BCUT2D eigenvalue weighted by Gasteiger charge is 2.23. The van der Waals surface area contributed by atoms with Crippen molar-refractivity contribution in [3.63, 3.8) is 0 Å². The van der Waals surface area contributed by atoms with Gasteiger partial charge in [0.2, 0.25) is 15.9 Å². The molecular formula is C17H23N3O4S. The number of hydrogen-bond donors (Lipinski definition) is 0. The summed E-state index contributed by atoms with van der Waals surface area (Å²) in [6.07, 6.45) is 1.16. The van der Waals surface area contributed by atoms with Crippen LogP contribution in [0, 0.1) is 6.92 Å². The molecule has 2 rings (SSSR count). The first-order chi connectivity index (χ1) is 11.8. The number of amides is 1. The molecule has 0 aliphatic carbocycles. The van der Waals surface area contributed by atoms with Crippen molar-refractivity contribution in [3.8, 4) is 0 Å². The molecule has 25 heavy (non-hydrogen) atoms. The zero-order valence-electron chi connectivity index (χ0n) is 14.7. The largest absolute Gasteiger partial charge is 0.360 e. The highest BCUT2D eigenvalue weighted by molar-refractivity contribution is 7.92. The zero-order valence-corrected chi connectivity index (χ0v) is 15.5. The van der Waals surface area contributed by atoms with Crippen LogP contribution >= 0.6 is 0 Å². The monoisotopic (exact) mass is 365 g/mol. The van der Waals surface area contributed by atoms with Crippen LogP contribution in [-0.4, -0.2) is 43.7 Å². The lowest BCUT2D eigenvalue weighted by Gasteiger charge is -2.23. The average molecular weight is 365 g/mol. The van der Waals surface area contributed by atoms with Gasteiger partial charge in [-0.3, -0.25) is 9.10 Å². The fourth-order valence-corrected chi connectivity index (χ4v) is 3.31. The van der Waals surface area contributed by atoms with Crippen molar-refractivity contribution in [1.82, 2.24) is 10.1 Å². The van der Waals surface area contributed by atoms with Gasteiger partial charge in [0.05, 0.1) is 6.26 Å². The molecule has 0 saturated heterocycles. The SMILES string of the molecule is CCN(Cc1ccccc1)C(=O)CCN(c1cc(C)on1)S(C)(=O)=O. The summed E-state index contributed by atoms with van der Waals surface area (Å²) in [5.74, 6) is 0.591. The number of sulfonamides is 1. The molecule has 0 unspecified atom stereocenters. The Morgan fingerprint density at radius 3 is 2.44 bits per heavy atom. The number of nitrogens with zero attached hydrogens (tertiary/aromatic N) is 3. The second kappa shape index (κ2) is 8.15. The fraction of sp³-hybridized carbons (Fsp3) is 0.412. The van der Waals surface area contributed by atoms with Gasteiger partial charge in [-0.15, -0.1) is 0 Å². The topological polar surface area (TPSA) is 83.7 Å². The summed E-state index contributed by atoms with van der Waals surface area (Å²) in [6, 6.07) is 11.2. The van der Waals surface area contributed by atoms with Crippen molar-refractivity contribution in [2.75, 3.05) is 23.7 Å². The molecule has 0 aliphatic heterocycles. The molecule has 0 atom stereocenters. The smallest absolute Gasteiger partial charge is 0.233 e. The van der Waals surface area contributed by atoms with Crippen molar-refractivity contribution in [1.29, 1.82) is 0 Å². The summed E-state index contributed by atoms with van der Waals surface area (Å²) in [7, 11) is -3.55. The Balaban J connectivity index is 2.04. The van der Waals surface area contributed by atoms with Crippen LogP contribution in [0.4, 0.5) is 5.82 Å². The molecule has 0 aliphatic rings. The first kappa shape index (κ1) is 19.0. The van der Waals surface area contributed by atoms with Gasteiger partial charge in [-0.1, -0.05) is 35.5 Å². The number of aryl methyl sites for hydroxylation is 1. The van der Waals surface area contributed by atoms with Gasteiger partial charge in [0.25, 0.3) is 0 Å². The van der Waals surface area contributed by atoms with E-state index in [-0.39, 0.29) is 24.7 Å². The predicted molar refractivity (Wildman–Crippen MR) is 95.6 cm³/mol. The molecule has 1 aromatic carbocycles. The standard InChI is InChI=1S/C17H23N3O4S/c1-4-19(13-15-8-6-5-7-9-15)17(21)10-11-20(25(3,22)23)16-12-14(2)24-18-16/h5-9,12H,4,10-11,13H2,1-3H3. The third kappa shape index (κ3) is 5.32. The Morgan fingerprint density at radius 1 is 1.24 bits per heavy atom. The molecule has 1 amide bonds. The van der Waals surface area contributed by atoms with E-state index in [2.05, 4.69) is 5.16 Å². The lowest BCUT2D eigenvalue weighted by Crippen LogP contribution is -2.36. The van der Waals surface area contributed by atoms with Crippen molar-refractivity contribution in [3.05, 3.63) is 47.7 Å². The third-order valence-electron chi connectivity index (χ3n) is 3.75. The molecule has 136 valence electrons. The third-order valence-corrected chi connectivity index (χ3v) is 4.92. The Bertz CT molecular complexity index is 802. The van der Waals surface area contributed by atoms with Crippen LogP contribution in [0.1, 0.15) is 24.7 Å². The molecule has 0 spiro atoms. The molecule has 2 aromatic rings. The van der Waals surface area contributed by atoms with E-state index in [1.54, 1.807) is 11.8 Å². The van der Waals surface area contributed by atoms with Crippen LogP contribution in [0.2, 0.25) is 0 Å². The minimum Gasteiger partial charge on any atom is -0.360 e. The van der Waals surface area contributed by atoms with Crippen molar-refractivity contribution >= 4 is 21.7 Å². The minimum atomic E-state index is -3.55. The number of aromatic nitrogens is 1. The Hall–Kier alpha value is -2.35. The zero-order chi connectivity index (χ0) is 18.4. The van der Waals surface area contributed by atoms with E-state index in [0.717, 1.165) is 16.1 Å². The van der Waals surface area contributed by atoms with E-state index in [1.807, 2.05) is 37.3 Å². The highest BCUT2D eigenvalue weighted by Crippen LogP contribution is 2.18. The summed E-state index contributed by atoms with van der Waals surface area (Å²) in [6.45, 7) is 4.65. The van der Waals surface area contributed by atoms with Gasteiger partial charge in [-0.25, -0.2) is 8.42 Å². The first-order valence-electron chi connectivity index (χ1n) is 8.04. The molecule has 0 saturated carbocycles. The summed E-state index contributed by atoms with van der Waals surface area (Å²) in [5, 5.41) is 3.74. The van der Waals surface area contributed by atoms with Crippen LogP contribution in [0.3, 0.4) is 0 Å². The van der Waals surface area contributed by atoms with E-state index in [9.17, 15) is 13.2 Å². The minimum absolute atomic E-state index is 0.0227. The van der Waals surface area contributed by atoms with Gasteiger partial charge in [0, 0.05) is 32.1 Å². The van der Waals surface area contributed by atoms with E-state index in [4.69, 9.17) is 4.52 Å². The quantitative estimate of drug-likeness (QED) is 0.716. The number of carbonyl (C=O) groups excluding carboxylic acids is 1. The van der Waals surface area contributed by atoms with Gasteiger partial charge >= 0.3 is 0 Å². The fourth-order valence-electron chi connectivity index (χ4n) is 2.46. The number of hydrogen-bond acceptors (Lipinski definition) is 5. The van der Waals surface area contributed by atoms with Gasteiger partial charge < -0.3 is 9.42 Å². The van der Waals surface area contributed by atoms with Crippen LogP contribution in [0.5, 0.6) is 0 Å². The maximum absolute atomic E-state index is 12.5. The molecule has 1 heterocycles. The molecule has 0 N–H and O–H groups in total. The molecule has 8 heteroatoms. The lowest BCUT2D eigenvalue weighted by atomic mass is 10.2. The molecular weight excluding hydrogens is 342 g/mol. The van der Waals surface area contributed by atoms with E-state index in [0.29, 0.717) is 18.8 Å². The number of carbonyl (C=O) groups is 1. The molecule has 0 bridgehead atoms. The molecule has 0 radical (unpaired) electrons. The normalized spacial score (nSPS) is 11.3. The van der Waals surface area contributed by atoms with Gasteiger partial charge in [0.1, 0.15) is 5.76 Å². The average Bonchev–Trinajstić information content (AvgIpc) is 2.98.